The minimum absolute atomic E-state index is 0.647. The first kappa shape index (κ1) is 14.8. The zero-order valence-electron chi connectivity index (χ0n) is 11.7. The summed E-state index contributed by atoms with van der Waals surface area (Å²) in [5.41, 5.74) is 3.93. The van der Waals surface area contributed by atoms with Crippen molar-refractivity contribution in [1.29, 1.82) is 0 Å². The number of halogens is 2. The van der Waals surface area contributed by atoms with Crippen LogP contribution < -0.4 is 0 Å². The number of aromatic amines is 1. The molecule has 2 heterocycles. The molecule has 110 valence electrons. The molecular formula is C14H14BrClN4S. The summed E-state index contributed by atoms with van der Waals surface area (Å²) in [5.74, 6) is 0. The Hall–Kier alpha value is -1.11. The van der Waals surface area contributed by atoms with E-state index in [1.54, 1.807) is 0 Å². The molecule has 4 nitrogen and oxygen atoms in total. The Morgan fingerprint density at radius 3 is 2.86 bits per heavy atom. The summed E-state index contributed by atoms with van der Waals surface area (Å²) in [6, 6.07) is 5.79. The van der Waals surface area contributed by atoms with Gasteiger partial charge in [-0.15, -0.1) is 0 Å². The second kappa shape index (κ2) is 5.59. The first-order chi connectivity index (χ1) is 10.0. The molecule has 0 saturated heterocycles. The highest BCUT2D eigenvalue weighted by molar-refractivity contribution is 9.10. The van der Waals surface area contributed by atoms with E-state index in [1.807, 2.05) is 34.5 Å². The smallest absolute Gasteiger partial charge is 0.184 e. The zero-order chi connectivity index (χ0) is 15.1. The van der Waals surface area contributed by atoms with Gasteiger partial charge in [-0.05, 0) is 52.8 Å². The Balaban J connectivity index is 2.29. The molecule has 0 atom stereocenters. The number of imidazole rings is 1. The Labute approximate surface area is 140 Å². The molecule has 0 amide bonds. The number of nitrogens with zero attached hydrogens (tertiary/aromatic N) is 3. The molecule has 0 fully saturated rings. The molecule has 0 spiro atoms. The second-order valence-corrected chi connectivity index (χ2v) is 6.53. The fourth-order valence-corrected chi connectivity index (χ4v) is 3.20. The molecular weight excluding hydrogens is 372 g/mol. The van der Waals surface area contributed by atoms with Crippen LogP contribution in [0.1, 0.15) is 19.0 Å². The van der Waals surface area contributed by atoms with Crippen molar-refractivity contribution in [3.05, 3.63) is 38.2 Å². The molecule has 0 saturated carbocycles. The van der Waals surface area contributed by atoms with Crippen molar-refractivity contribution in [1.82, 2.24) is 19.3 Å². The maximum absolute atomic E-state index is 6.20. The largest absolute Gasteiger partial charge is 0.327 e. The minimum Gasteiger partial charge on any atom is -0.327 e. The van der Waals surface area contributed by atoms with Gasteiger partial charge in [-0.3, -0.25) is 4.57 Å². The molecule has 1 aromatic carbocycles. The first-order valence-corrected chi connectivity index (χ1v) is 8.23. The molecule has 0 radical (unpaired) electrons. The van der Waals surface area contributed by atoms with Crippen LogP contribution in [-0.2, 0) is 13.5 Å². The molecule has 21 heavy (non-hydrogen) atoms. The van der Waals surface area contributed by atoms with Crippen LogP contribution in [0.4, 0.5) is 0 Å². The third kappa shape index (κ3) is 2.45. The van der Waals surface area contributed by atoms with Gasteiger partial charge in [0.25, 0.3) is 0 Å². The normalized spacial score (nSPS) is 11.4. The Bertz CT molecular complexity index is 877. The van der Waals surface area contributed by atoms with Gasteiger partial charge in [0, 0.05) is 11.5 Å². The van der Waals surface area contributed by atoms with Crippen LogP contribution in [-0.4, -0.2) is 19.3 Å². The molecule has 3 aromatic rings. The van der Waals surface area contributed by atoms with E-state index in [1.165, 1.54) is 0 Å². The summed E-state index contributed by atoms with van der Waals surface area (Å²) < 4.78 is 5.34. The lowest BCUT2D eigenvalue weighted by Gasteiger charge is -2.06. The zero-order valence-corrected chi connectivity index (χ0v) is 14.8. The van der Waals surface area contributed by atoms with Crippen LogP contribution in [0.2, 0.25) is 5.02 Å². The second-order valence-electron chi connectivity index (χ2n) is 4.88. The predicted molar refractivity (Wildman–Crippen MR) is 91.9 cm³/mol. The number of H-pyrrole nitrogens is 1. The van der Waals surface area contributed by atoms with Gasteiger partial charge in [0.05, 0.1) is 16.4 Å². The van der Waals surface area contributed by atoms with Gasteiger partial charge in [0.2, 0.25) is 0 Å². The summed E-state index contributed by atoms with van der Waals surface area (Å²) in [6.45, 7) is 2.14. The van der Waals surface area contributed by atoms with E-state index >= 15 is 0 Å². The molecule has 0 bridgehead atoms. The van der Waals surface area contributed by atoms with E-state index in [0.717, 1.165) is 39.9 Å². The lowest BCUT2D eigenvalue weighted by atomic mass is 10.2. The summed E-state index contributed by atoms with van der Waals surface area (Å²) in [6.07, 6.45) is 1.97. The molecule has 1 N–H and O–H groups in total. The topological polar surface area (TPSA) is 38.5 Å². The van der Waals surface area contributed by atoms with E-state index in [0.29, 0.717) is 9.79 Å². The molecule has 0 aliphatic rings. The quantitative estimate of drug-likeness (QED) is 0.658. The molecule has 0 aliphatic carbocycles. The van der Waals surface area contributed by atoms with Gasteiger partial charge in [-0.1, -0.05) is 24.9 Å². The van der Waals surface area contributed by atoms with Gasteiger partial charge < -0.3 is 4.98 Å². The number of hydrogen-bond acceptors (Lipinski definition) is 2. The summed E-state index contributed by atoms with van der Waals surface area (Å²) in [7, 11) is 1.93. The molecule has 2 aromatic heterocycles. The van der Waals surface area contributed by atoms with Gasteiger partial charge in [-0.2, -0.15) is 5.10 Å². The third-order valence-corrected chi connectivity index (χ3v) is 4.90. The van der Waals surface area contributed by atoms with Crippen molar-refractivity contribution in [2.24, 2.45) is 7.05 Å². The third-order valence-electron chi connectivity index (χ3n) is 3.38. The lowest BCUT2D eigenvalue weighted by Crippen LogP contribution is -2.01. The fourth-order valence-electron chi connectivity index (χ4n) is 2.49. The number of hydrogen-bond donors (Lipinski definition) is 1. The average molecular weight is 386 g/mol. The number of aryl methyl sites for hydroxylation is 2. The maximum atomic E-state index is 6.20. The van der Waals surface area contributed by atoms with Crippen LogP contribution in [0.25, 0.3) is 16.9 Å². The summed E-state index contributed by atoms with van der Waals surface area (Å²) >= 11 is 15.1. The molecule has 3 rings (SSSR count). The van der Waals surface area contributed by atoms with Crippen molar-refractivity contribution in [2.75, 3.05) is 0 Å². The number of fused-ring (bicyclic) bond motifs is 1. The van der Waals surface area contributed by atoms with Gasteiger partial charge >= 0.3 is 0 Å². The van der Waals surface area contributed by atoms with Crippen LogP contribution in [0, 0.1) is 4.77 Å². The van der Waals surface area contributed by atoms with E-state index in [-0.39, 0.29) is 0 Å². The first-order valence-electron chi connectivity index (χ1n) is 6.65. The SMILES string of the molecule is CCCc1nn(C)c2c1[nH]c(=S)n2-c1ccc(Br)c(Cl)c1. The molecule has 7 heteroatoms. The monoisotopic (exact) mass is 384 g/mol. The fraction of sp³-hybridized carbons (Fsp3) is 0.286. The van der Waals surface area contributed by atoms with Crippen LogP contribution in [0.3, 0.4) is 0 Å². The van der Waals surface area contributed by atoms with Gasteiger partial charge in [0.15, 0.2) is 10.4 Å². The lowest BCUT2D eigenvalue weighted by molar-refractivity contribution is 0.735. The van der Waals surface area contributed by atoms with Crippen LogP contribution in [0.5, 0.6) is 0 Å². The van der Waals surface area contributed by atoms with E-state index < -0.39 is 0 Å². The average Bonchev–Trinajstić information content (AvgIpc) is 2.92. The van der Waals surface area contributed by atoms with E-state index in [2.05, 4.69) is 32.9 Å². The molecule has 0 aliphatic heterocycles. The molecule has 0 unspecified atom stereocenters. The Kier molecular flexibility index (Phi) is 3.94. The van der Waals surface area contributed by atoms with Crippen molar-refractivity contribution in [3.8, 4) is 5.69 Å². The van der Waals surface area contributed by atoms with Crippen LogP contribution in [0.15, 0.2) is 22.7 Å². The Morgan fingerprint density at radius 2 is 2.19 bits per heavy atom. The van der Waals surface area contributed by atoms with Crippen molar-refractivity contribution >= 4 is 50.9 Å². The van der Waals surface area contributed by atoms with Crippen LogP contribution >= 0.6 is 39.7 Å². The predicted octanol–water partition coefficient (Wildman–Crippen LogP) is 4.79. The Morgan fingerprint density at radius 1 is 1.43 bits per heavy atom. The minimum atomic E-state index is 0.647. The number of rotatable bonds is 3. The maximum Gasteiger partial charge on any atom is 0.184 e. The highest BCUT2D eigenvalue weighted by atomic mass is 79.9. The highest BCUT2D eigenvalue weighted by Gasteiger charge is 2.16. The number of benzene rings is 1. The summed E-state index contributed by atoms with van der Waals surface area (Å²) in [4.78, 5) is 3.27. The van der Waals surface area contributed by atoms with E-state index in [4.69, 9.17) is 23.8 Å². The van der Waals surface area contributed by atoms with Crippen molar-refractivity contribution < 1.29 is 0 Å². The van der Waals surface area contributed by atoms with Gasteiger partial charge in [0.1, 0.15) is 5.52 Å². The number of nitrogens with one attached hydrogen (secondary N) is 1. The number of aromatic nitrogens is 4. The standard InChI is InChI=1S/C14H14BrClN4S/c1-3-4-11-12-13(19(2)18-11)20(14(21)17-12)8-5-6-9(15)10(16)7-8/h5-7H,3-4H2,1-2H3,(H,17,21). The van der Waals surface area contributed by atoms with Gasteiger partial charge in [-0.25, -0.2) is 4.68 Å². The summed E-state index contributed by atoms with van der Waals surface area (Å²) in [5, 5.41) is 5.24. The highest BCUT2D eigenvalue weighted by Crippen LogP contribution is 2.28. The van der Waals surface area contributed by atoms with E-state index in [9.17, 15) is 0 Å². The van der Waals surface area contributed by atoms with Crippen molar-refractivity contribution in [3.63, 3.8) is 0 Å². The van der Waals surface area contributed by atoms with Crippen molar-refractivity contribution in [2.45, 2.75) is 19.8 Å².